The van der Waals surface area contributed by atoms with Gasteiger partial charge in [0.05, 0.1) is 0 Å². The lowest BCUT2D eigenvalue weighted by atomic mass is 10.1. The standard InChI is InChI=1S/C22H24N2O3/c1-16-7-2-3-8-17(16)13-24-21(25)15-27-22(26)12-6-9-18-14-23-20-11-5-4-10-19(18)20/h2-5,7-8,10-11,14,23H,6,9,12-13,15H2,1H3,(H,24,25). The average molecular weight is 364 g/mol. The maximum absolute atomic E-state index is 11.9. The van der Waals surface area contributed by atoms with E-state index in [1.807, 2.05) is 55.6 Å². The van der Waals surface area contributed by atoms with Crippen LogP contribution in [0.2, 0.25) is 0 Å². The van der Waals surface area contributed by atoms with Gasteiger partial charge in [-0.25, -0.2) is 0 Å². The van der Waals surface area contributed by atoms with Gasteiger partial charge >= 0.3 is 5.97 Å². The third-order valence-corrected chi connectivity index (χ3v) is 4.60. The highest BCUT2D eigenvalue weighted by molar-refractivity contribution is 5.83. The molecule has 1 heterocycles. The van der Waals surface area contributed by atoms with E-state index in [0.29, 0.717) is 19.4 Å². The van der Waals surface area contributed by atoms with Gasteiger partial charge in [-0.05, 0) is 42.5 Å². The van der Waals surface area contributed by atoms with Crippen LogP contribution in [0, 0.1) is 6.92 Å². The Labute approximate surface area is 158 Å². The Hall–Kier alpha value is -3.08. The van der Waals surface area contributed by atoms with Crippen LogP contribution in [0.1, 0.15) is 29.5 Å². The summed E-state index contributed by atoms with van der Waals surface area (Å²) in [6, 6.07) is 15.9. The summed E-state index contributed by atoms with van der Waals surface area (Å²) < 4.78 is 5.07. The molecule has 5 nitrogen and oxygen atoms in total. The second kappa shape index (κ2) is 9.03. The number of hydrogen-bond acceptors (Lipinski definition) is 3. The molecule has 1 aromatic heterocycles. The van der Waals surface area contributed by atoms with Crippen molar-refractivity contribution in [1.82, 2.24) is 10.3 Å². The number of fused-ring (bicyclic) bond motifs is 1. The van der Waals surface area contributed by atoms with E-state index < -0.39 is 0 Å². The highest BCUT2D eigenvalue weighted by Gasteiger charge is 2.09. The molecule has 0 radical (unpaired) electrons. The predicted octanol–water partition coefficient (Wildman–Crippen LogP) is 3.66. The van der Waals surface area contributed by atoms with Crippen LogP contribution in [-0.2, 0) is 27.3 Å². The number of aryl methyl sites for hydroxylation is 2. The van der Waals surface area contributed by atoms with Gasteiger partial charge in [0.25, 0.3) is 5.91 Å². The van der Waals surface area contributed by atoms with Gasteiger partial charge in [-0.2, -0.15) is 0 Å². The summed E-state index contributed by atoms with van der Waals surface area (Å²) in [6.07, 6.45) is 3.75. The van der Waals surface area contributed by atoms with Gasteiger partial charge in [0.1, 0.15) is 0 Å². The van der Waals surface area contributed by atoms with Crippen molar-refractivity contribution in [2.75, 3.05) is 6.61 Å². The SMILES string of the molecule is Cc1ccccc1CNC(=O)COC(=O)CCCc1c[nH]c2ccccc12. The number of ether oxygens (including phenoxy) is 1. The number of carbonyl (C=O) groups excluding carboxylic acids is 2. The fourth-order valence-electron chi connectivity index (χ4n) is 3.03. The largest absolute Gasteiger partial charge is 0.456 e. The minimum absolute atomic E-state index is 0.238. The number of amides is 1. The summed E-state index contributed by atoms with van der Waals surface area (Å²) in [5.41, 5.74) is 4.46. The highest BCUT2D eigenvalue weighted by Crippen LogP contribution is 2.19. The van der Waals surface area contributed by atoms with E-state index in [0.717, 1.165) is 23.1 Å². The van der Waals surface area contributed by atoms with Crippen LogP contribution in [0.25, 0.3) is 10.9 Å². The van der Waals surface area contributed by atoms with Gasteiger partial charge in [-0.3, -0.25) is 9.59 Å². The van der Waals surface area contributed by atoms with Crippen LogP contribution >= 0.6 is 0 Å². The Kier molecular flexibility index (Phi) is 6.26. The van der Waals surface area contributed by atoms with Gasteiger partial charge in [-0.1, -0.05) is 42.5 Å². The second-order valence-electron chi connectivity index (χ2n) is 6.58. The molecule has 2 N–H and O–H groups in total. The minimum Gasteiger partial charge on any atom is -0.456 e. The third-order valence-electron chi connectivity index (χ3n) is 4.60. The van der Waals surface area contributed by atoms with E-state index in [4.69, 9.17) is 4.74 Å². The van der Waals surface area contributed by atoms with Crippen molar-refractivity contribution in [3.63, 3.8) is 0 Å². The van der Waals surface area contributed by atoms with Gasteiger partial charge < -0.3 is 15.0 Å². The van der Waals surface area contributed by atoms with Gasteiger partial charge in [0.2, 0.25) is 0 Å². The van der Waals surface area contributed by atoms with E-state index in [2.05, 4.69) is 16.4 Å². The quantitative estimate of drug-likeness (QED) is 0.599. The van der Waals surface area contributed by atoms with E-state index in [1.165, 1.54) is 10.9 Å². The number of benzene rings is 2. The van der Waals surface area contributed by atoms with Crippen molar-refractivity contribution in [1.29, 1.82) is 0 Å². The number of aromatic nitrogens is 1. The molecule has 3 rings (SSSR count). The van der Waals surface area contributed by atoms with Crippen molar-refractivity contribution >= 4 is 22.8 Å². The van der Waals surface area contributed by atoms with Crippen LogP contribution in [0.5, 0.6) is 0 Å². The van der Waals surface area contributed by atoms with Crippen LogP contribution < -0.4 is 5.32 Å². The number of rotatable bonds is 8. The maximum Gasteiger partial charge on any atom is 0.306 e. The molecule has 0 bridgehead atoms. The molecule has 5 heteroatoms. The summed E-state index contributed by atoms with van der Waals surface area (Å²) in [7, 11) is 0. The Morgan fingerprint density at radius 1 is 1.04 bits per heavy atom. The smallest absolute Gasteiger partial charge is 0.306 e. The molecular weight excluding hydrogens is 340 g/mol. The summed E-state index contributed by atoms with van der Waals surface area (Å²) >= 11 is 0. The zero-order valence-corrected chi connectivity index (χ0v) is 15.5. The zero-order valence-electron chi connectivity index (χ0n) is 15.5. The number of para-hydroxylation sites is 1. The fourth-order valence-corrected chi connectivity index (χ4v) is 3.03. The molecule has 2 aromatic carbocycles. The van der Waals surface area contributed by atoms with E-state index >= 15 is 0 Å². The second-order valence-corrected chi connectivity index (χ2v) is 6.58. The normalized spacial score (nSPS) is 10.7. The topological polar surface area (TPSA) is 71.2 Å². The molecule has 140 valence electrons. The first kappa shape index (κ1) is 18.7. The van der Waals surface area contributed by atoms with Crippen molar-refractivity contribution in [3.05, 3.63) is 71.4 Å². The third kappa shape index (κ3) is 5.20. The molecule has 0 aliphatic rings. The van der Waals surface area contributed by atoms with Crippen LogP contribution in [0.15, 0.2) is 54.7 Å². The van der Waals surface area contributed by atoms with E-state index in [1.54, 1.807) is 0 Å². The average Bonchev–Trinajstić information content (AvgIpc) is 3.09. The Morgan fingerprint density at radius 3 is 2.67 bits per heavy atom. The number of carbonyl (C=O) groups is 2. The molecular formula is C22H24N2O3. The summed E-state index contributed by atoms with van der Waals surface area (Å²) in [4.78, 5) is 26.9. The molecule has 0 aliphatic heterocycles. The number of hydrogen-bond donors (Lipinski definition) is 2. The molecule has 0 aliphatic carbocycles. The number of H-pyrrole nitrogens is 1. The lowest BCUT2D eigenvalue weighted by Crippen LogP contribution is -2.28. The molecule has 0 unspecified atom stereocenters. The molecule has 0 fully saturated rings. The summed E-state index contributed by atoms with van der Waals surface area (Å²) in [6.45, 7) is 2.19. The van der Waals surface area contributed by atoms with Gasteiger partial charge in [0, 0.05) is 30.1 Å². The number of aromatic amines is 1. The minimum atomic E-state index is -0.346. The molecule has 0 saturated heterocycles. The van der Waals surface area contributed by atoms with Crippen LogP contribution in [0.4, 0.5) is 0 Å². The lowest BCUT2D eigenvalue weighted by molar-refractivity contribution is -0.148. The molecule has 27 heavy (non-hydrogen) atoms. The molecule has 1 amide bonds. The molecule has 0 spiro atoms. The predicted molar refractivity (Wildman–Crippen MR) is 105 cm³/mol. The van der Waals surface area contributed by atoms with Crippen LogP contribution in [0.3, 0.4) is 0 Å². The van der Waals surface area contributed by atoms with Gasteiger partial charge in [0.15, 0.2) is 6.61 Å². The first-order valence-electron chi connectivity index (χ1n) is 9.15. The number of nitrogens with one attached hydrogen (secondary N) is 2. The van der Waals surface area contributed by atoms with Crippen molar-refractivity contribution in [3.8, 4) is 0 Å². The lowest BCUT2D eigenvalue weighted by Gasteiger charge is -2.08. The molecule has 3 aromatic rings. The number of esters is 1. The van der Waals surface area contributed by atoms with E-state index in [9.17, 15) is 9.59 Å². The Bertz CT molecular complexity index is 930. The van der Waals surface area contributed by atoms with E-state index in [-0.39, 0.29) is 18.5 Å². The summed E-state index contributed by atoms with van der Waals surface area (Å²) in [5.74, 6) is -0.635. The maximum atomic E-state index is 11.9. The van der Waals surface area contributed by atoms with Crippen LogP contribution in [-0.4, -0.2) is 23.5 Å². The Morgan fingerprint density at radius 2 is 1.81 bits per heavy atom. The molecule has 0 saturated carbocycles. The van der Waals surface area contributed by atoms with Crippen molar-refractivity contribution < 1.29 is 14.3 Å². The summed E-state index contributed by atoms with van der Waals surface area (Å²) in [5, 5.41) is 3.96. The first-order valence-corrected chi connectivity index (χ1v) is 9.15. The fraction of sp³-hybridized carbons (Fsp3) is 0.273. The Balaban J connectivity index is 1.36. The first-order chi connectivity index (χ1) is 13.1. The zero-order chi connectivity index (χ0) is 19.1. The van der Waals surface area contributed by atoms with Gasteiger partial charge in [-0.15, -0.1) is 0 Å². The van der Waals surface area contributed by atoms with Crippen molar-refractivity contribution in [2.24, 2.45) is 0 Å². The monoisotopic (exact) mass is 364 g/mol. The molecule has 0 atom stereocenters. The van der Waals surface area contributed by atoms with Crippen molar-refractivity contribution in [2.45, 2.75) is 32.7 Å². The highest BCUT2D eigenvalue weighted by atomic mass is 16.5.